The molecule has 0 saturated carbocycles. The van der Waals surface area contributed by atoms with Crippen molar-refractivity contribution in [3.63, 3.8) is 0 Å². The van der Waals surface area contributed by atoms with Gasteiger partial charge >= 0.3 is 5.97 Å². The van der Waals surface area contributed by atoms with E-state index < -0.39 is 5.97 Å². The number of carboxylic acids is 1. The Hall–Kier alpha value is -3.13. The molecular weight excluding hydrogens is 370 g/mol. The van der Waals surface area contributed by atoms with Gasteiger partial charge in [0.15, 0.2) is 5.82 Å². The van der Waals surface area contributed by atoms with E-state index >= 15 is 0 Å². The summed E-state index contributed by atoms with van der Waals surface area (Å²) in [7, 11) is 0. The Morgan fingerprint density at radius 1 is 1.30 bits per heavy atom. The first-order chi connectivity index (χ1) is 12.9. The minimum absolute atomic E-state index is 0.0874. The van der Waals surface area contributed by atoms with Crippen molar-refractivity contribution in [3.8, 4) is 0 Å². The van der Waals surface area contributed by atoms with Gasteiger partial charge in [0.25, 0.3) is 0 Å². The number of aryl methyl sites for hydroxylation is 2. The molecule has 8 nitrogen and oxygen atoms in total. The SMILES string of the molecule is Cc1cc(NC(=O)CCn2cc(C(=O)O)cn2)nn1Cc1ccccc1Cl. The van der Waals surface area contributed by atoms with Crippen molar-refractivity contribution >= 4 is 29.3 Å². The van der Waals surface area contributed by atoms with Crippen LogP contribution in [0.5, 0.6) is 0 Å². The van der Waals surface area contributed by atoms with Crippen LogP contribution in [0.25, 0.3) is 0 Å². The maximum atomic E-state index is 12.1. The van der Waals surface area contributed by atoms with Crippen LogP contribution >= 0.6 is 11.6 Å². The second-order valence-electron chi connectivity index (χ2n) is 6.02. The zero-order valence-corrected chi connectivity index (χ0v) is 15.3. The molecule has 2 aromatic heterocycles. The minimum Gasteiger partial charge on any atom is -0.478 e. The Morgan fingerprint density at radius 2 is 2.07 bits per heavy atom. The molecule has 2 N–H and O–H groups in total. The number of carbonyl (C=O) groups excluding carboxylic acids is 1. The van der Waals surface area contributed by atoms with Crippen molar-refractivity contribution in [3.05, 3.63) is 64.6 Å². The molecule has 0 bridgehead atoms. The minimum atomic E-state index is -1.05. The van der Waals surface area contributed by atoms with Gasteiger partial charge in [0, 0.05) is 35.9 Å². The molecule has 0 unspecified atom stereocenters. The lowest BCUT2D eigenvalue weighted by Crippen LogP contribution is -2.15. The number of nitrogens with zero attached hydrogens (tertiary/aromatic N) is 4. The van der Waals surface area contributed by atoms with Crippen molar-refractivity contribution in [1.29, 1.82) is 0 Å². The highest BCUT2D eigenvalue weighted by atomic mass is 35.5. The maximum absolute atomic E-state index is 12.1. The fourth-order valence-corrected chi connectivity index (χ4v) is 2.73. The van der Waals surface area contributed by atoms with E-state index in [9.17, 15) is 9.59 Å². The number of hydrogen-bond donors (Lipinski definition) is 2. The van der Waals surface area contributed by atoms with Gasteiger partial charge in [0.1, 0.15) is 0 Å². The van der Waals surface area contributed by atoms with Crippen molar-refractivity contribution < 1.29 is 14.7 Å². The summed E-state index contributed by atoms with van der Waals surface area (Å²) < 4.78 is 3.19. The number of hydrogen-bond acceptors (Lipinski definition) is 4. The standard InChI is InChI=1S/C18H18ClN5O3/c1-12-8-16(22-24(12)11-13-4-2-3-5-15(13)19)21-17(25)6-7-23-10-14(9-20-23)18(26)27/h2-5,8-10H,6-7,11H2,1H3,(H,26,27)(H,21,22,25). The van der Waals surface area contributed by atoms with Crippen LogP contribution in [0.4, 0.5) is 5.82 Å². The number of carbonyl (C=O) groups is 2. The Morgan fingerprint density at radius 3 is 2.78 bits per heavy atom. The number of amides is 1. The Balaban J connectivity index is 1.58. The second-order valence-corrected chi connectivity index (χ2v) is 6.42. The molecular formula is C18H18ClN5O3. The molecule has 2 heterocycles. The van der Waals surface area contributed by atoms with Crippen LogP contribution < -0.4 is 5.32 Å². The van der Waals surface area contributed by atoms with Crippen LogP contribution in [0.1, 0.15) is 28.0 Å². The van der Waals surface area contributed by atoms with Crippen LogP contribution in [-0.4, -0.2) is 36.5 Å². The monoisotopic (exact) mass is 387 g/mol. The van der Waals surface area contributed by atoms with E-state index in [-0.39, 0.29) is 24.4 Å². The summed E-state index contributed by atoms with van der Waals surface area (Å²) in [6, 6.07) is 9.31. The highest BCUT2D eigenvalue weighted by Gasteiger charge is 2.11. The van der Waals surface area contributed by atoms with E-state index in [1.54, 1.807) is 10.7 Å². The van der Waals surface area contributed by atoms with Crippen molar-refractivity contribution in [2.45, 2.75) is 26.4 Å². The number of rotatable bonds is 7. The zero-order chi connectivity index (χ0) is 19.4. The lowest BCUT2D eigenvalue weighted by atomic mass is 10.2. The molecule has 0 fully saturated rings. The summed E-state index contributed by atoms with van der Waals surface area (Å²) >= 11 is 6.18. The first-order valence-corrected chi connectivity index (χ1v) is 8.63. The first kappa shape index (κ1) is 18.7. The van der Waals surface area contributed by atoms with E-state index in [1.807, 2.05) is 31.2 Å². The number of aromatic nitrogens is 4. The van der Waals surface area contributed by atoms with Crippen molar-refractivity contribution in [2.24, 2.45) is 0 Å². The fraction of sp³-hybridized carbons (Fsp3) is 0.222. The molecule has 0 spiro atoms. The topological polar surface area (TPSA) is 102 Å². The van der Waals surface area contributed by atoms with Crippen molar-refractivity contribution in [1.82, 2.24) is 19.6 Å². The Bertz CT molecular complexity index is 979. The molecule has 0 radical (unpaired) electrons. The molecule has 0 aliphatic heterocycles. The summed E-state index contributed by atoms with van der Waals surface area (Å²) in [5.74, 6) is -0.828. The summed E-state index contributed by atoms with van der Waals surface area (Å²) in [6.07, 6.45) is 2.79. The van der Waals surface area contributed by atoms with Crippen LogP contribution in [0, 0.1) is 6.92 Å². The third kappa shape index (κ3) is 4.73. The summed E-state index contributed by atoms with van der Waals surface area (Å²) in [4.78, 5) is 22.9. The van der Waals surface area contributed by atoms with Gasteiger partial charge in [-0.05, 0) is 18.6 Å². The largest absolute Gasteiger partial charge is 0.478 e. The lowest BCUT2D eigenvalue weighted by Gasteiger charge is -2.06. The molecule has 0 aliphatic rings. The third-order valence-corrected chi connectivity index (χ3v) is 4.34. The lowest BCUT2D eigenvalue weighted by molar-refractivity contribution is -0.116. The van der Waals surface area contributed by atoms with E-state index in [0.29, 0.717) is 17.4 Å². The third-order valence-electron chi connectivity index (χ3n) is 3.97. The number of carboxylic acid groups (broad SMARTS) is 1. The fourth-order valence-electron chi connectivity index (χ4n) is 2.54. The highest BCUT2D eigenvalue weighted by Crippen LogP contribution is 2.18. The number of aromatic carboxylic acids is 1. The Kier molecular flexibility index (Phi) is 5.56. The number of halogens is 1. The van der Waals surface area contributed by atoms with Gasteiger partial charge in [-0.3, -0.25) is 14.2 Å². The summed E-state index contributed by atoms with van der Waals surface area (Å²) in [5.41, 5.74) is 1.92. The van der Waals surface area contributed by atoms with Gasteiger partial charge in [0.2, 0.25) is 5.91 Å². The van der Waals surface area contributed by atoms with E-state index in [0.717, 1.165) is 11.3 Å². The summed E-state index contributed by atoms with van der Waals surface area (Å²) in [5, 5.41) is 20.6. The van der Waals surface area contributed by atoms with Crippen molar-refractivity contribution in [2.75, 3.05) is 5.32 Å². The molecule has 1 amide bonds. The van der Waals surface area contributed by atoms with Crippen LogP contribution in [0.3, 0.4) is 0 Å². The van der Waals surface area contributed by atoms with Crippen LogP contribution in [0.2, 0.25) is 5.02 Å². The molecule has 3 rings (SSSR count). The normalized spacial score (nSPS) is 10.7. The van der Waals surface area contributed by atoms with Crippen LogP contribution in [0.15, 0.2) is 42.7 Å². The van der Waals surface area contributed by atoms with Gasteiger partial charge in [-0.25, -0.2) is 4.79 Å². The predicted molar refractivity (Wildman–Crippen MR) is 100.0 cm³/mol. The molecule has 9 heteroatoms. The summed E-state index contributed by atoms with van der Waals surface area (Å²) in [6.45, 7) is 2.68. The molecule has 140 valence electrons. The maximum Gasteiger partial charge on any atom is 0.338 e. The number of benzene rings is 1. The van der Waals surface area contributed by atoms with Gasteiger partial charge in [0.05, 0.1) is 18.3 Å². The number of nitrogens with one attached hydrogen (secondary N) is 1. The average molecular weight is 388 g/mol. The first-order valence-electron chi connectivity index (χ1n) is 8.26. The quantitative estimate of drug-likeness (QED) is 0.649. The molecule has 0 saturated heterocycles. The molecule has 3 aromatic rings. The molecule has 0 aliphatic carbocycles. The van der Waals surface area contributed by atoms with Gasteiger partial charge in [-0.15, -0.1) is 0 Å². The molecule has 1 aromatic carbocycles. The van der Waals surface area contributed by atoms with Gasteiger partial charge < -0.3 is 10.4 Å². The van der Waals surface area contributed by atoms with E-state index in [4.69, 9.17) is 16.7 Å². The smallest absolute Gasteiger partial charge is 0.338 e. The van der Waals surface area contributed by atoms with E-state index in [2.05, 4.69) is 15.5 Å². The molecule has 27 heavy (non-hydrogen) atoms. The number of anilines is 1. The Labute approximate surface area is 160 Å². The molecule has 0 atom stereocenters. The second kappa shape index (κ2) is 8.05. The highest BCUT2D eigenvalue weighted by molar-refractivity contribution is 6.31. The van der Waals surface area contributed by atoms with Gasteiger partial charge in [-0.2, -0.15) is 10.2 Å². The van der Waals surface area contributed by atoms with Gasteiger partial charge in [-0.1, -0.05) is 29.8 Å². The zero-order valence-electron chi connectivity index (χ0n) is 14.6. The van der Waals surface area contributed by atoms with Crippen LogP contribution in [-0.2, 0) is 17.9 Å². The average Bonchev–Trinajstić information content (AvgIpc) is 3.22. The predicted octanol–water partition coefficient (Wildman–Crippen LogP) is 2.82. The van der Waals surface area contributed by atoms with E-state index in [1.165, 1.54) is 17.1 Å².